The molecule has 2 unspecified atom stereocenters. The van der Waals surface area contributed by atoms with Crippen LogP contribution in [0.25, 0.3) is 0 Å². The number of nitrogens with one attached hydrogen (secondary N) is 1. The van der Waals surface area contributed by atoms with Crippen LogP contribution in [0.15, 0.2) is 17.6 Å². The minimum Gasteiger partial charge on any atom is -0.329 e. The van der Waals surface area contributed by atoms with Crippen LogP contribution in [-0.2, 0) is 7.05 Å². The molecule has 2 atom stereocenters. The van der Waals surface area contributed by atoms with Crippen LogP contribution in [0.5, 0.6) is 0 Å². The summed E-state index contributed by atoms with van der Waals surface area (Å²) in [5.41, 5.74) is 0. The van der Waals surface area contributed by atoms with Crippen molar-refractivity contribution in [1.29, 1.82) is 0 Å². The fraction of sp³-hybridized carbons (Fsp3) is 0.727. The summed E-state index contributed by atoms with van der Waals surface area (Å²) < 4.78 is 2.10. The minimum absolute atomic E-state index is 0.678. The Morgan fingerprint density at radius 3 is 3.13 bits per heavy atom. The average Bonchev–Trinajstić information content (AvgIpc) is 2.80. The van der Waals surface area contributed by atoms with Gasteiger partial charge in [0.2, 0.25) is 0 Å². The van der Waals surface area contributed by atoms with Crippen molar-refractivity contribution in [3.8, 4) is 0 Å². The number of hydrogen-bond acceptors (Lipinski definition) is 3. The van der Waals surface area contributed by atoms with Crippen molar-refractivity contribution in [2.75, 3.05) is 6.54 Å². The van der Waals surface area contributed by atoms with Gasteiger partial charge < -0.3 is 9.88 Å². The molecule has 1 aliphatic carbocycles. The lowest BCUT2D eigenvalue weighted by atomic mass is 10.2. The van der Waals surface area contributed by atoms with Crippen molar-refractivity contribution in [2.24, 2.45) is 7.05 Å². The number of thioether (sulfide) groups is 1. The van der Waals surface area contributed by atoms with Gasteiger partial charge in [-0.15, -0.1) is 0 Å². The smallest absolute Gasteiger partial charge is 0.167 e. The zero-order chi connectivity index (χ0) is 10.7. The molecular weight excluding hydrogens is 206 g/mol. The van der Waals surface area contributed by atoms with E-state index in [-0.39, 0.29) is 0 Å². The molecule has 0 radical (unpaired) electrons. The van der Waals surface area contributed by atoms with E-state index in [1.807, 2.05) is 24.2 Å². The number of nitrogens with zero attached hydrogens (tertiary/aromatic N) is 2. The summed E-state index contributed by atoms with van der Waals surface area (Å²) in [4.78, 5) is 4.37. The van der Waals surface area contributed by atoms with Gasteiger partial charge in [0.25, 0.3) is 0 Å². The van der Waals surface area contributed by atoms with Crippen molar-refractivity contribution in [2.45, 2.75) is 42.6 Å². The van der Waals surface area contributed by atoms with E-state index in [1.54, 1.807) is 0 Å². The van der Waals surface area contributed by atoms with Gasteiger partial charge in [-0.25, -0.2) is 4.98 Å². The molecule has 84 valence electrons. The third kappa shape index (κ3) is 2.55. The van der Waals surface area contributed by atoms with E-state index in [2.05, 4.69) is 28.8 Å². The number of imidazole rings is 1. The molecule has 1 heterocycles. The first kappa shape index (κ1) is 11.0. The van der Waals surface area contributed by atoms with Crippen molar-refractivity contribution in [3.05, 3.63) is 12.4 Å². The van der Waals surface area contributed by atoms with E-state index < -0.39 is 0 Å². The molecule has 1 aliphatic rings. The highest BCUT2D eigenvalue weighted by Gasteiger charge is 2.28. The molecule has 1 aromatic rings. The first-order valence-electron chi connectivity index (χ1n) is 5.68. The fourth-order valence-electron chi connectivity index (χ4n) is 2.16. The quantitative estimate of drug-likeness (QED) is 0.850. The Bertz CT molecular complexity index is 311. The maximum absolute atomic E-state index is 4.37. The zero-order valence-corrected chi connectivity index (χ0v) is 10.3. The highest BCUT2D eigenvalue weighted by Crippen LogP contribution is 2.33. The molecule has 15 heavy (non-hydrogen) atoms. The maximum Gasteiger partial charge on any atom is 0.167 e. The standard InChI is InChI=1S/C11H19N3S/c1-3-12-9-5-4-6-10(9)15-11-13-7-8-14(11)2/h7-10,12H,3-6H2,1-2H3. The van der Waals surface area contributed by atoms with E-state index in [0.717, 1.165) is 11.7 Å². The van der Waals surface area contributed by atoms with Gasteiger partial charge in [-0.2, -0.15) is 0 Å². The molecule has 0 saturated heterocycles. The summed E-state index contributed by atoms with van der Waals surface area (Å²) in [6.07, 6.45) is 7.87. The van der Waals surface area contributed by atoms with Gasteiger partial charge in [-0.3, -0.25) is 0 Å². The van der Waals surface area contributed by atoms with Crippen LogP contribution in [0.3, 0.4) is 0 Å². The largest absolute Gasteiger partial charge is 0.329 e. The first-order valence-corrected chi connectivity index (χ1v) is 6.56. The third-order valence-corrected chi connectivity index (χ3v) is 4.42. The lowest BCUT2D eigenvalue weighted by molar-refractivity contribution is 0.549. The maximum atomic E-state index is 4.37. The van der Waals surface area contributed by atoms with E-state index in [4.69, 9.17) is 0 Å². The number of hydrogen-bond donors (Lipinski definition) is 1. The van der Waals surface area contributed by atoms with Crippen LogP contribution in [0, 0.1) is 0 Å². The zero-order valence-electron chi connectivity index (χ0n) is 9.44. The molecule has 0 amide bonds. The summed E-state index contributed by atoms with van der Waals surface area (Å²) in [7, 11) is 2.06. The molecule has 2 rings (SSSR count). The summed E-state index contributed by atoms with van der Waals surface area (Å²) in [6.45, 7) is 3.25. The van der Waals surface area contributed by atoms with E-state index >= 15 is 0 Å². The summed E-state index contributed by atoms with van der Waals surface area (Å²) >= 11 is 1.92. The third-order valence-electron chi connectivity index (χ3n) is 2.95. The molecule has 4 heteroatoms. The van der Waals surface area contributed by atoms with E-state index in [9.17, 15) is 0 Å². The van der Waals surface area contributed by atoms with Crippen molar-refractivity contribution in [3.63, 3.8) is 0 Å². The Kier molecular flexibility index (Phi) is 3.70. The minimum atomic E-state index is 0.678. The Labute approximate surface area is 95.7 Å². The Morgan fingerprint density at radius 2 is 2.47 bits per heavy atom. The summed E-state index contributed by atoms with van der Waals surface area (Å²) in [5, 5.41) is 5.41. The number of aromatic nitrogens is 2. The number of rotatable bonds is 4. The van der Waals surface area contributed by atoms with E-state index in [1.165, 1.54) is 19.3 Å². The van der Waals surface area contributed by atoms with Gasteiger partial charge >= 0.3 is 0 Å². The highest BCUT2D eigenvalue weighted by molar-refractivity contribution is 7.99. The fourth-order valence-corrected chi connectivity index (χ4v) is 3.46. The van der Waals surface area contributed by atoms with Crippen molar-refractivity contribution in [1.82, 2.24) is 14.9 Å². The lowest BCUT2D eigenvalue weighted by Crippen LogP contribution is -2.33. The summed E-state index contributed by atoms with van der Waals surface area (Å²) in [6, 6.07) is 0.678. The topological polar surface area (TPSA) is 29.9 Å². The second-order valence-corrected chi connectivity index (χ2v) is 5.28. The second kappa shape index (κ2) is 5.03. The predicted molar refractivity (Wildman–Crippen MR) is 64.2 cm³/mol. The van der Waals surface area contributed by atoms with Crippen LogP contribution in [0.4, 0.5) is 0 Å². The monoisotopic (exact) mass is 225 g/mol. The highest BCUT2D eigenvalue weighted by atomic mass is 32.2. The molecule has 3 nitrogen and oxygen atoms in total. The average molecular weight is 225 g/mol. The number of aryl methyl sites for hydroxylation is 1. The second-order valence-electron chi connectivity index (χ2n) is 4.07. The lowest BCUT2D eigenvalue weighted by Gasteiger charge is -2.19. The van der Waals surface area contributed by atoms with Crippen LogP contribution >= 0.6 is 11.8 Å². The molecule has 0 bridgehead atoms. The van der Waals surface area contributed by atoms with Crippen molar-refractivity contribution < 1.29 is 0 Å². The first-order chi connectivity index (χ1) is 7.31. The predicted octanol–water partition coefficient (Wildman–Crippen LogP) is 2.04. The van der Waals surface area contributed by atoms with Gasteiger partial charge in [0, 0.05) is 30.7 Å². The molecule has 1 fully saturated rings. The van der Waals surface area contributed by atoms with Gasteiger partial charge in [0.05, 0.1) is 0 Å². The van der Waals surface area contributed by atoms with Crippen LogP contribution in [0.1, 0.15) is 26.2 Å². The van der Waals surface area contributed by atoms with Crippen LogP contribution in [0.2, 0.25) is 0 Å². The molecule has 1 saturated carbocycles. The Balaban J connectivity index is 1.96. The van der Waals surface area contributed by atoms with Gasteiger partial charge in [-0.1, -0.05) is 25.1 Å². The molecule has 0 aliphatic heterocycles. The SMILES string of the molecule is CCNC1CCCC1Sc1nccn1C. The van der Waals surface area contributed by atoms with Gasteiger partial charge in [0.1, 0.15) is 0 Å². The molecule has 1 N–H and O–H groups in total. The van der Waals surface area contributed by atoms with Crippen LogP contribution < -0.4 is 5.32 Å². The van der Waals surface area contributed by atoms with Crippen molar-refractivity contribution >= 4 is 11.8 Å². The normalized spacial score (nSPS) is 26.0. The molecular formula is C11H19N3S. The van der Waals surface area contributed by atoms with Crippen LogP contribution in [-0.4, -0.2) is 27.4 Å². The van der Waals surface area contributed by atoms with Gasteiger partial charge in [0.15, 0.2) is 5.16 Å². The summed E-state index contributed by atoms with van der Waals surface area (Å²) in [5.74, 6) is 0. The van der Waals surface area contributed by atoms with Gasteiger partial charge in [-0.05, 0) is 19.4 Å². The Hall–Kier alpha value is -0.480. The molecule has 0 spiro atoms. The van der Waals surface area contributed by atoms with E-state index in [0.29, 0.717) is 11.3 Å². The Morgan fingerprint density at radius 1 is 1.60 bits per heavy atom. The molecule has 1 aromatic heterocycles. The molecule has 0 aromatic carbocycles.